The molecule has 2 heterocycles. The zero-order valence-electron chi connectivity index (χ0n) is 12.6. The summed E-state index contributed by atoms with van der Waals surface area (Å²) in [5.74, 6) is -0.706. The highest BCUT2D eigenvalue weighted by Crippen LogP contribution is 2.14. The molecule has 0 saturated carbocycles. The van der Waals surface area contributed by atoms with Crippen molar-refractivity contribution >= 4 is 22.7 Å². The molecule has 23 heavy (non-hydrogen) atoms. The van der Waals surface area contributed by atoms with Gasteiger partial charge in [-0.2, -0.15) is 0 Å². The van der Waals surface area contributed by atoms with Crippen LogP contribution in [0.2, 0.25) is 0 Å². The van der Waals surface area contributed by atoms with E-state index in [2.05, 4.69) is 10.3 Å². The zero-order valence-corrected chi connectivity index (χ0v) is 12.6. The van der Waals surface area contributed by atoms with Crippen LogP contribution in [0.15, 0.2) is 30.3 Å². The summed E-state index contributed by atoms with van der Waals surface area (Å²) in [7, 11) is 0. The Morgan fingerprint density at radius 3 is 2.74 bits per heavy atom. The summed E-state index contributed by atoms with van der Waals surface area (Å²) in [6, 6.07) is 8.29. The van der Waals surface area contributed by atoms with E-state index in [1.54, 1.807) is 11.0 Å². The van der Waals surface area contributed by atoms with Crippen molar-refractivity contribution in [2.75, 3.05) is 32.9 Å². The number of carbonyl (C=O) groups excluding carboxylic acids is 2. The van der Waals surface area contributed by atoms with E-state index in [9.17, 15) is 14.7 Å². The lowest BCUT2D eigenvalue weighted by Gasteiger charge is -2.30. The monoisotopic (exact) mass is 317 g/mol. The minimum absolute atomic E-state index is 0.291. The summed E-state index contributed by atoms with van der Waals surface area (Å²) in [6.07, 6.45) is 0. The van der Waals surface area contributed by atoms with Crippen LogP contribution < -0.4 is 5.32 Å². The Hall–Kier alpha value is -2.38. The first-order valence-electron chi connectivity index (χ1n) is 7.55. The average molecular weight is 317 g/mol. The molecule has 0 bridgehead atoms. The van der Waals surface area contributed by atoms with Crippen LogP contribution >= 0.6 is 0 Å². The van der Waals surface area contributed by atoms with Crippen molar-refractivity contribution < 1.29 is 19.4 Å². The molecule has 7 nitrogen and oxygen atoms in total. The molecule has 1 fully saturated rings. The fraction of sp³-hybridized carbons (Fsp3) is 0.375. The molecule has 3 N–H and O–H groups in total. The molecule has 2 aromatic rings. The van der Waals surface area contributed by atoms with Gasteiger partial charge in [0.2, 0.25) is 5.91 Å². The largest absolute Gasteiger partial charge is 0.394 e. The highest BCUT2D eigenvalue weighted by Gasteiger charge is 2.27. The van der Waals surface area contributed by atoms with E-state index in [0.29, 0.717) is 32.0 Å². The van der Waals surface area contributed by atoms with E-state index < -0.39 is 18.6 Å². The molecule has 0 spiro atoms. The van der Waals surface area contributed by atoms with Gasteiger partial charge in [0, 0.05) is 24.0 Å². The summed E-state index contributed by atoms with van der Waals surface area (Å²) in [5, 5.41) is 13.0. The number of nitrogens with zero attached hydrogens (tertiary/aromatic N) is 1. The van der Waals surface area contributed by atoms with Crippen LogP contribution in [-0.2, 0) is 9.53 Å². The minimum Gasteiger partial charge on any atom is -0.394 e. The smallest absolute Gasteiger partial charge is 0.268 e. The number of ether oxygens (including phenoxy) is 1. The maximum absolute atomic E-state index is 12.4. The van der Waals surface area contributed by atoms with E-state index in [1.807, 2.05) is 24.3 Å². The van der Waals surface area contributed by atoms with Gasteiger partial charge >= 0.3 is 0 Å². The highest BCUT2D eigenvalue weighted by molar-refractivity contribution is 6.00. The lowest BCUT2D eigenvalue weighted by Crippen LogP contribution is -2.53. The number of aromatic amines is 1. The van der Waals surface area contributed by atoms with Crippen molar-refractivity contribution in [2.45, 2.75) is 6.04 Å². The number of aliphatic hydroxyl groups excluding tert-OH is 1. The summed E-state index contributed by atoms with van der Waals surface area (Å²) in [6.45, 7) is 1.44. The van der Waals surface area contributed by atoms with Crippen LogP contribution in [0.3, 0.4) is 0 Å². The first-order chi connectivity index (χ1) is 11.2. The molecule has 2 amide bonds. The van der Waals surface area contributed by atoms with Crippen LogP contribution in [0.5, 0.6) is 0 Å². The predicted octanol–water partition coefficient (Wildman–Crippen LogP) is 0.117. The number of nitrogens with one attached hydrogen (secondary N) is 2. The second-order valence-electron chi connectivity index (χ2n) is 5.42. The minimum atomic E-state index is -0.952. The zero-order chi connectivity index (χ0) is 16.2. The number of fused-ring (bicyclic) bond motifs is 1. The van der Waals surface area contributed by atoms with Gasteiger partial charge in [0.25, 0.3) is 5.91 Å². The number of hydrogen-bond donors (Lipinski definition) is 3. The Balaban J connectivity index is 1.70. The molecule has 0 radical (unpaired) electrons. The molecule has 1 atom stereocenters. The van der Waals surface area contributed by atoms with Crippen LogP contribution in [0.4, 0.5) is 0 Å². The average Bonchev–Trinajstić information content (AvgIpc) is 3.04. The van der Waals surface area contributed by atoms with E-state index in [1.165, 1.54) is 0 Å². The second-order valence-corrected chi connectivity index (χ2v) is 5.42. The number of amides is 2. The number of aliphatic hydroxyl groups is 1. The number of hydrogen-bond acceptors (Lipinski definition) is 4. The molecule has 1 saturated heterocycles. The van der Waals surface area contributed by atoms with Crippen molar-refractivity contribution in [3.8, 4) is 0 Å². The van der Waals surface area contributed by atoms with Crippen molar-refractivity contribution in [1.29, 1.82) is 0 Å². The highest BCUT2D eigenvalue weighted by atomic mass is 16.5. The molecular formula is C16H19N3O4. The third kappa shape index (κ3) is 3.35. The lowest BCUT2D eigenvalue weighted by molar-refractivity contribution is -0.138. The van der Waals surface area contributed by atoms with E-state index in [4.69, 9.17) is 4.74 Å². The molecule has 1 aliphatic rings. The van der Waals surface area contributed by atoms with Gasteiger partial charge < -0.3 is 25.0 Å². The van der Waals surface area contributed by atoms with Gasteiger partial charge in [0.15, 0.2) is 0 Å². The van der Waals surface area contributed by atoms with E-state index in [-0.39, 0.29) is 5.91 Å². The molecule has 0 unspecified atom stereocenters. The van der Waals surface area contributed by atoms with Crippen molar-refractivity contribution in [2.24, 2.45) is 0 Å². The topological polar surface area (TPSA) is 94.7 Å². The Morgan fingerprint density at radius 2 is 2.04 bits per heavy atom. The number of morpholine rings is 1. The molecule has 7 heteroatoms. The number of benzene rings is 1. The van der Waals surface area contributed by atoms with Gasteiger partial charge in [0.1, 0.15) is 11.7 Å². The van der Waals surface area contributed by atoms with Crippen molar-refractivity contribution in [3.63, 3.8) is 0 Å². The molecule has 1 aromatic carbocycles. The fourth-order valence-electron chi connectivity index (χ4n) is 2.62. The van der Waals surface area contributed by atoms with Crippen LogP contribution in [0.1, 0.15) is 10.5 Å². The third-order valence-corrected chi connectivity index (χ3v) is 3.88. The van der Waals surface area contributed by atoms with Crippen molar-refractivity contribution in [3.05, 3.63) is 36.0 Å². The van der Waals surface area contributed by atoms with Gasteiger partial charge in [-0.3, -0.25) is 9.59 Å². The van der Waals surface area contributed by atoms with Crippen molar-refractivity contribution in [1.82, 2.24) is 15.2 Å². The first-order valence-corrected chi connectivity index (χ1v) is 7.55. The summed E-state index contributed by atoms with van der Waals surface area (Å²) in [4.78, 5) is 29.3. The molecule has 3 rings (SSSR count). The van der Waals surface area contributed by atoms with Crippen LogP contribution in [0, 0.1) is 0 Å². The molecule has 0 aliphatic carbocycles. The summed E-state index contributed by atoms with van der Waals surface area (Å²) >= 11 is 0. The molecule has 1 aliphatic heterocycles. The Morgan fingerprint density at radius 1 is 1.30 bits per heavy atom. The number of para-hydroxylation sites is 1. The first kappa shape index (κ1) is 15.5. The number of aromatic nitrogens is 1. The van der Waals surface area contributed by atoms with Gasteiger partial charge in [-0.1, -0.05) is 18.2 Å². The van der Waals surface area contributed by atoms with Gasteiger partial charge in [-0.15, -0.1) is 0 Å². The van der Waals surface area contributed by atoms with Crippen LogP contribution in [-0.4, -0.2) is 65.8 Å². The van der Waals surface area contributed by atoms with Gasteiger partial charge in [0.05, 0.1) is 19.8 Å². The molecular weight excluding hydrogens is 298 g/mol. The SMILES string of the molecule is O=C(N[C@@H](CO)C(=O)N1CCOCC1)c1cc2ccccc2[nH]1. The Bertz CT molecular complexity index is 673. The predicted molar refractivity (Wildman–Crippen MR) is 84.0 cm³/mol. The quantitative estimate of drug-likeness (QED) is 0.746. The molecule has 1 aromatic heterocycles. The normalized spacial score (nSPS) is 16.3. The number of H-pyrrole nitrogens is 1. The Labute approximate surface area is 133 Å². The fourth-order valence-corrected chi connectivity index (χ4v) is 2.62. The summed E-state index contributed by atoms with van der Waals surface area (Å²) in [5.41, 5.74) is 1.21. The van der Waals surface area contributed by atoms with Crippen LogP contribution in [0.25, 0.3) is 10.9 Å². The Kier molecular flexibility index (Phi) is 4.59. The molecule has 122 valence electrons. The van der Waals surface area contributed by atoms with Gasteiger partial charge in [-0.25, -0.2) is 0 Å². The van der Waals surface area contributed by atoms with E-state index in [0.717, 1.165) is 10.9 Å². The standard InChI is InChI=1S/C16H19N3O4/c20-10-14(16(22)19-5-7-23-8-6-19)18-15(21)13-9-11-3-1-2-4-12(11)17-13/h1-4,9,14,17,20H,5-8,10H2,(H,18,21)/t14-/m0/s1. The number of rotatable bonds is 4. The third-order valence-electron chi connectivity index (χ3n) is 3.88. The summed E-state index contributed by atoms with van der Waals surface area (Å²) < 4.78 is 5.20. The lowest BCUT2D eigenvalue weighted by atomic mass is 10.2. The maximum atomic E-state index is 12.4. The second kappa shape index (κ2) is 6.80. The maximum Gasteiger partial charge on any atom is 0.268 e. The van der Waals surface area contributed by atoms with E-state index >= 15 is 0 Å². The van der Waals surface area contributed by atoms with Gasteiger partial charge in [-0.05, 0) is 12.1 Å². The number of carbonyl (C=O) groups is 2.